The van der Waals surface area contributed by atoms with Gasteiger partial charge in [0, 0.05) is 19.7 Å². The first-order valence-electron chi connectivity index (χ1n) is 6.72. The molecule has 0 amide bonds. The number of methoxy groups -OCH3 is 1. The van der Waals surface area contributed by atoms with Crippen LogP contribution in [0.2, 0.25) is 0 Å². The van der Waals surface area contributed by atoms with Crippen LogP contribution in [0, 0.1) is 0 Å². The summed E-state index contributed by atoms with van der Waals surface area (Å²) in [7, 11) is -2.45. The summed E-state index contributed by atoms with van der Waals surface area (Å²) >= 11 is 0. The van der Waals surface area contributed by atoms with E-state index in [2.05, 4.69) is 14.9 Å². The molecule has 0 bridgehead atoms. The SMILES string of the molecule is COC(=O)CCN(CC1CCCO1)S(=O)(=O)c1ccn[nH]1. The standard InChI is InChI=1S/C12H19N3O5S/c1-19-12(16)5-7-15(9-10-3-2-8-20-10)21(17,18)11-4-6-13-14-11/h4,6,10H,2-3,5,7-9H2,1H3,(H,13,14). The molecule has 118 valence electrons. The van der Waals surface area contributed by atoms with E-state index < -0.39 is 16.0 Å². The van der Waals surface area contributed by atoms with Gasteiger partial charge in [-0.2, -0.15) is 9.40 Å². The molecule has 1 aromatic heterocycles. The molecule has 1 fully saturated rings. The molecule has 1 atom stereocenters. The maximum Gasteiger partial charge on any atom is 0.306 e. The number of H-pyrrole nitrogens is 1. The molecule has 1 saturated heterocycles. The fourth-order valence-corrected chi connectivity index (χ4v) is 3.54. The highest BCUT2D eigenvalue weighted by atomic mass is 32.2. The second-order valence-electron chi connectivity index (χ2n) is 4.75. The van der Waals surface area contributed by atoms with Crippen LogP contribution in [0.15, 0.2) is 17.3 Å². The number of aromatic amines is 1. The van der Waals surface area contributed by atoms with E-state index in [9.17, 15) is 13.2 Å². The van der Waals surface area contributed by atoms with Crippen molar-refractivity contribution in [2.75, 3.05) is 26.8 Å². The quantitative estimate of drug-likeness (QED) is 0.718. The fraction of sp³-hybridized carbons (Fsp3) is 0.667. The molecular formula is C12H19N3O5S. The zero-order valence-electron chi connectivity index (χ0n) is 11.8. The predicted molar refractivity (Wildman–Crippen MR) is 73.0 cm³/mol. The van der Waals surface area contributed by atoms with Crippen LogP contribution in [0.25, 0.3) is 0 Å². The molecular weight excluding hydrogens is 298 g/mol. The lowest BCUT2D eigenvalue weighted by molar-refractivity contribution is -0.140. The Labute approximate surface area is 123 Å². The minimum atomic E-state index is -3.72. The van der Waals surface area contributed by atoms with Gasteiger partial charge in [-0.25, -0.2) is 8.42 Å². The highest BCUT2D eigenvalue weighted by molar-refractivity contribution is 7.89. The molecule has 21 heavy (non-hydrogen) atoms. The molecule has 0 aromatic carbocycles. The minimum absolute atomic E-state index is 0.00339. The topological polar surface area (TPSA) is 102 Å². The van der Waals surface area contributed by atoms with Gasteiger partial charge in [0.25, 0.3) is 10.0 Å². The zero-order valence-corrected chi connectivity index (χ0v) is 12.6. The Kier molecular flexibility index (Phi) is 5.32. The van der Waals surface area contributed by atoms with Crippen LogP contribution in [0.3, 0.4) is 0 Å². The Morgan fingerprint density at radius 3 is 3.00 bits per heavy atom. The Bertz CT molecular complexity index is 551. The van der Waals surface area contributed by atoms with Gasteiger partial charge in [-0.05, 0) is 18.9 Å². The smallest absolute Gasteiger partial charge is 0.306 e. The van der Waals surface area contributed by atoms with Crippen LogP contribution in [0.1, 0.15) is 19.3 Å². The number of nitrogens with one attached hydrogen (secondary N) is 1. The van der Waals surface area contributed by atoms with E-state index in [1.807, 2.05) is 0 Å². The molecule has 1 unspecified atom stereocenters. The third-order valence-electron chi connectivity index (χ3n) is 3.32. The second kappa shape index (κ2) is 7.01. The highest BCUT2D eigenvalue weighted by Gasteiger charge is 2.30. The summed E-state index contributed by atoms with van der Waals surface area (Å²) in [6.07, 6.45) is 2.96. The van der Waals surface area contributed by atoms with E-state index in [1.54, 1.807) is 0 Å². The van der Waals surface area contributed by atoms with Crippen LogP contribution in [-0.4, -0.2) is 61.8 Å². The molecule has 0 radical (unpaired) electrons. The van der Waals surface area contributed by atoms with Gasteiger partial charge in [-0.15, -0.1) is 0 Å². The molecule has 9 heteroatoms. The summed E-state index contributed by atoms with van der Waals surface area (Å²) in [6.45, 7) is 0.909. The van der Waals surface area contributed by atoms with E-state index in [4.69, 9.17) is 4.74 Å². The summed E-state index contributed by atoms with van der Waals surface area (Å²) in [6, 6.07) is 1.38. The van der Waals surface area contributed by atoms with Gasteiger partial charge in [0.2, 0.25) is 0 Å². The van der Waals surface area contributed by atoms with Gasteiger partial charge >= 0.3 is 5.97 Å². The van der Waals surface area contributed by atoms with Crippen molar-refractivity contribution in [3.63, 3.8) is 0 Å². The van der Waals surface area contributed by atoms with Crippen molar-refractivity contribution in [1.82, 2.24) is 14.5 Å². The fourth-order valence-electron chi connectivity index (χ4n) is 2.17. The second-order valence-corrected chi connectivity index (χ2v) is 6.65. The molecule has 0 spiro atoms. The van der Waals surface area contributed by atoms with E-state index in [-0.39, 0.29) is 30.6 Å². The summed E-state index contributed by atoms with van der Waals surface area (Å²) in [5.41, 5.74) is 0. The van der Waals surface area contributed by atoms with Crippen LogP contribution in [0.5, 0.6) is 0 Å². The average Bonchev–Trinajstić information content (AvgIpc) is 3.15. The van der Waals surface area contributed by atoms with Crippen molar-refractivity contribution < 1.29 is 22.7 Å². The maximum atomic E-state index is 12.5. The molecule has 1 N–H and O–H groups in total. The molecule has 1 aromatic rings. The number of ether oxygens (including phenoxy) is 2. The summed E-state index contributed by atoms with van der Waals surface area (Å²) in [4.78, 5) is 11.3. The third-order valence-corrected chi connectivity index (χ3v) is 5.11. The highest BCUT2D eigenvalue weighted by Crippen LogP contribution is 2.19. The van der Waals surface area contributed by atoms with Gasteiger partial charge < -0.3 is 9.47 Å². The lowest BCUT2D eigenvalue weighted by Crippen LogP contribution is -2.39. The lowest BCUT2D eigenvalue weighted by Gasteiger charge is -2.23. The van der Waals surface area contributed by atoms with Gasteiger partial charge in [0.05, 0.1) is 25.8 Å². The van der Waals surface area contributed by atoms with Gasteiger partial charge in [-0.1, -0.05) is 0 Å². The lowest BCUT2D eigenvalue weighted by atomic mass is 10.2. The largest absolute Gasteiger partial charge is 0.469 e. The number of carbonyl (C=O) groups excluding carboxylic acids is 1. The van der Waals surface area contributed by atoms with Crippen molar-refractivity contribution in [1.29, 1.82) is 0 Å². The first-order chi connectivity index (χ1) is 10.0. The van der Waals surface area contributed by atoms with Crippen molar-refractivity contribution in [3.8, 4) is 0 Å². The van der Waals surface area contributed by atoms with Crippen LogP contribution in [-0.2, 0) is 24.3 Å². The number of carbonyl (C=O) groups is 1. The predicted octanol–water partition coefficient (Wildman–Crippen LogP) is 0.143. The first kappa shape index (κ1) is 15.9. The van der Waals surface area contributed by atoms with E-state index in [1.165, 1.54) is 23.7 Å². The molecule has 1 aliphatic rings. The number of sulfonamides is 1. The van der Waals surface area contributed by atoms with Crippen LogP contribution >= 0.6 is 0 Å². The van der Waals surface area contributed by atoms with Crippen molar-refractivity contribution in [2.45, 2.75) is 30.4 Å². The Hall–Kier alpha value is -1.45. The van der Waals surface area contributed by atoms with Gasteiger partial charge in [-0.3, -0.25) is 9.89 Å². The minimum Gasteiger partial charge on any atom is -0.469 e. The molecule has 8 nitrogen and oxygen atoms in total. The van der Waals surface area contributed by atoms with E-state index in [0.717, 1.165) is 12.8 Å². The number of rotatable bonds is 7. The Morgan fingerprint density at radius 2 is 2.43 bits per heavy atom. The molecule has 2 rings (SSSR count). The summed E-state index contributed by atoms with van der Waals surface area (Å²) in [5, 5.41) is 6.11. The van der Waals surface area contributed by atoms with Gasteiger partial charge in [0.15, 0.2) is 5.03 Å². The van der Waals surface area contributed by atoms with Crippen molar-refractivity contribution in [3.05, 3.63) is 12.3 Å². The molecule has 2 heterocycles. The normalized spacial score (nSPS) is 19.0. The molecule has 0 saturated carbocycles. The molecule has 1 aliphatic heterocycles. The average molecular weight is 317 g/mol. The third kappa shape index (κ3) is 4.02. The Morgan fingerprint density at radius 1 is 1.62 bits per heavy atom. The Balaban J connectivity index is 2.11. The van der Waals surface area contributed by atoms with E-state index >= 15 is 0 Å². The monoisotopic (exact) mass is 317 g/mol. The van der Waals surface area contributed by atoms with Crippen molar-refractivity contribution in [2.24, 2.45) is 0 Å². The van der Waals surface area contributed by atoms with E-state index in [0.29, 0.717) is 6.61 Å². The summed E-state index contributed by atoms with van der Waals surface area (Å²) < 4.78 is 36.3. The zero-order chi connectivity index (χ0) is 15.3. The summed E-state index contributed by atoms with van der Waals surface area (Å²) in [5.74, 6) is -0.452. The van der Waals surface area contributed by atoms with Gasteiger partial charge in [0.1, 0.15) is 0 Å². The number of aromatic nitrogens is 2. The number of nitrogens with zero attached hydrogens (tertiary/aromatic N) is 2. The number of hydrogen-bond donors (Lipinski definition) is 1. The van der Waals surface area contributed by atoms with Crippen LogP contribution in [0.4, 0.5) is 0 Å². The first-order valence-corrected chi connectivity index (χ1v) is 8.16. The van der Waals surface area contributed by atoms with Crippen molar-refractivity contribution >= 4 is 16.0 Å². The maximum absolute atomic E-state index is 12.5. The van der Waals surface area contributed by atoms with Crippen LogP contribution < -0.4 is 0 Å². The number of hydrogen-bond acceptors (Lipinski definition) is 6. The molecule has 0 aliphatic carbocycles. The number of esters is 1.